The molecule has 1 aromatic rings. The first kappa shape index (κ1) is 17.8. The molecule has 6 nitrogen and oxygen atoms in total. The van der Waals surface area contributed by atoms with E-state index in [2.05, 4.69) is 5.32 Å². The van der Waals surface area contributed by atoms with Crippen LogP contribution in [0.25, 0.3) is 0 Å². The number of aryl methyl sites for hydroxylation is 1. The number of nitrogens with two attached hydrogens (primary N) is 1. The Bertz CT molecular complexity index is 642. The van der Waals surface area contributed by atoms with Crippen LogP contribution in [0.3, 0.4) is 0 Å². The first-order valence-electron chi connectivity index (χ1n) is 6.58. The molecule has 1 unspecified atom stereocenters. The van der Waals surface area contributed by atoms with Crippen molar-refractivity contribution in [2.45, 2.75) is 25.2 Å². The molecule has 8 heteroatoms. The zero-order valence-electron chi connectivity index (χ0n) is 12.1. The van der Waals surface area contributed by atoms with Crippen molar-refractivity contribution in [3.8, 4) is 0 Å². The van der Waals surface area contributed by atoms with Crippen LogP contribution in [0.4, 0.5) is 0 Å². The van der Waals surface area contributed by atoms with Gasteiger partial charge in [0.05, 0.1) is 4.90 Å². The van der Waals surface area contributed by atoms with Crippen LogP contribution in [-0.2, 0) is 27.2 Å². The Morgan fingerprint density at radius 1 is 1.33 bits per heavy atom. The Kier molecular flexibility index (Phi) is 6.50. The summed E-state index contributed by atoms with van der Waals surface area (Å²) in [7, 11) is -4.82. The van der Waals surface area contributed by atoms with E-state index in [9.17, 15) is 17.4 Å². The molecule has 3 N–H and O–H groups in total. The van der Waals surface area contributed by atoms with Crippen molar-refractivity contribution in [3.05, 3.63) is 29.3 Å². The van der Waals surface area contributed by atoms with Gasteiger partial charge in [-0.25, -0.2) is 13.6 Å². The smallest absolute Gasteiger partial charge is 0.251 e. The highest BCUT2D eigenvalue weighted by atomic mass is 32.2. The first-order valence-corrected chi connectivity index (χ1v) is 9.62. The quantitative estimate of drug-likeness (QED) is 0.753. The lowest BCUT2D eigenvalue weighted by Crippen LogP contribution is -2.28. The molecule has 1 aromatic carbocycles. The molecule has 1 rings (SSSR count). The van der Waals surface area contributed by atoms with Gasteiger partial charge in [-0.3, -0.25) is 9.00 Å². The average molecular weight is 332 g/mol. The number of sulfonamides is 1. The second kappa shape index (κ2) is 7.67. The Morgan fingerprint density at radius 3 is 2.52 bits per heavy atom. The molecule has 0 aliphatic carbocycles. The summed E-state index contributed by atoms with van der Waals surface area (Å²) in [6.45, 7) is 3.89. The highest BCUT2D eigenvalue weighted by Crippen LogP contribution is 2.17. The number of rotatable bonds is 7. The largest absolute Gasteiger partial charge is 0.351 e. The van der Waals surface area contributed by atoms with E-state index in [1.54, 1.807) is 19.1 Å². The van der Waals surface area contributed by atoms with E-state index in [0.29, 0.717) is 23.5 Å². The monoisotopic (exact) mass is 332 g/mol. The molecule has 0 fully saturated rings. The normalized spacial score (nSPS) is 12.9. The molecule has 1 amide bonds. The van der Waals surface area contributed by atoms with E-state index in [4.69, 9.17) is 5.14 Å². The number of primary sulfonamides is 1. The standard InChI is InChI=1S/C13H20N2O4S2/c1-3-10-5-6-11(9-12(10)21(14,18)19)13(16)15-7-8-20(17)4-2/h5-6,9H,3-4,7-8H2,1-2H3,(H,15,16)(H2,14,18,19). The molecule has 0 saturated heterocycles. The van der Waals surface area contributed by atoms with Crippen molar-refractivity contribution >= 4 is 26.7 Å². The summed E-state index contributed by atoms with van der Waals surface area (Å²) in [6, 6.07) is 4.42. The van der Waals surface area contributed by atoms with Gasteiger partial charge >= 0.3 is 0 Å². The zero-order chi connectivity index (χ0) is 16.0. The molecule has 21 heavy (non-hydrogen) atoms. The molecular weight excluding hydrogens is 312 g/mol. The van der Waals surface area contributed by atoms with Crippen LogP contribution in [0, 0.1) is 0 Å². The summed E-state index contributed by atoms with van der Waals surface area (Å²) < 4.78 is 34.3. The Morgan fingerprint density at radius 2 is 2.00 bits per heavy atom. The van der Waals surface area contributed by atoms with Crippen LogP contribution >= 0.6 is 0 Å². The van der Waals surface area contributed by atoms with Crippen LogP contribution < -0.4 is 10.5 Å². The van der Waals surface area contributed by atoms with Crippen molar-refractivity contribution in [2.24, 2.45) is 5.14 Å². The summed E-state index contributed by atoms with van der Waals surface area (Å²) in [6.07, 6.45) is 0.503. The highest BCUT2D eigenvalue weighted by molar-refractivity contribution is 7.89. The van der Waals surface area contributed by atoms with Crippen LogP contribution in [0.1, 0.15) is 29.8 Å². The van der Waals surface area contributed by atoms with Gasteiger partial charge < -0.3 is 5.32 Å². The molecule has 0 spiro atoms. The van der Waals surface area contributed by atoms with Gasteiger partial charge in [0.15, 0.2) is 0 Å². The minimum atomic E-state index is -3.87. The molecule has 0 aliphatic heterocycles. The van der Waals surface area contributed by atoms with Crippen LogP contribution in [-0.4, -0.2) is 36.6 Å². The number of nitrogens with one attached hydrogen (secondary N) is 1. The third kappa shape index (κ3) is 5.22. The molecule has 1 atom stereocenters. The number of benzene rings is 1. The number of amides is 1. The molecular formula is C13H20N2O4S2. The summed E-state index contributed by atoms with van der Waals surface area (Å²) in [4.78, 5) is 11.9. The number of hydrogen-bond acceptors (Lipinski definition) is 4. The minimum absolute atomic E-state index is 0.0326. The van der Waals surface area contributed by atoms with Gasteiger partial charge in [0.1, 0.15) is 0 Å². The first-order chi connectivity index (χ1) is 9.79. The number of hydrogen-bond donors (Lipinski definition) is 2. The fourth-order valence-corrected chi connectivity index (χ4v) is 3.26. The number of carbonyl (C=O) groups excluding carboxylic acids is 1. The third-order valence-electron chi connectivity index (χ3n) is 2.95. The number of carbonyl (C=O) groups is 1. The maximum absolute atomic E-state index is 11.9. The van der Waals surface area contributed by atoms with Crippen molar-refractivity contribution in [1.82, 2.24) is 5.32 Å². The maximum Gasteiger partial charge on any atom is 0.251 e. The fourth-order valence-electron chi connectivity index (χ4n) is 1.78. The lowest BCUT2D eigenvalue weighted by Gasteiger charge is -2.09. The molecule has 118 valence electrons. The molecule has 0 heterocycles. The van der Waals surface area contributed by atoms with Gasteiger partial charge in [-0.05, 0) is 24.1 Å². The van der Waals surface area contributed by atoms with E-state index >= 15 is 0 Å². The topological polar surface area (TPSA) is 106 Å². The van der Waals surface area contributed by atoms with Gasteiger partial charge in [0.2, 0.25) is 10.0 Å². The average Bonchev–Trinajstić information content (AvgIpc) is 2.45. The second-order valence-corrected chi connectivity index (χ2v) is 7.80. The summed E-state index contributed by atoms with van der Waals surface area (Å²) in [5, 5.41) is 7.77. The Hall–Kier alpha value is -1.25. The van der Waals surface area contributed by atoms with Crippen molar-refractivity contribution in [2.75, 3.05) is 18.1 Å². The van der Waals surface area contributed by atoms with E-state index in [0.717, 1.165) is 0 Å². The van der Waals surface area contributed by atoms with E-state index in [-0.39, 0.29) is 17.0 Å². The maximum atomic E-state index is 11.9. The lowest BCUT2D eigenvalue weighted by molar-refractivity contribution is 0.0956. The predicted molar refractivity (Wildman–Crippen MR) is 83.1 cm³/mol. The summed E-state index contributed by atoms with van der Waals surface area (Å²) in [5.74, 6) is 0.504. The van der Waals surface area contributed by atoms with Crippen LogP contribution in [0.15, 0.2) is 23.1 Å². The van der Waals surface area contributed by atoms with Gasteiger partial charge in [-0.1, -0.05) is 19.9 Å². The van der Waals surface area contributed by atoms with Crippen LogP contribution in [0.5, 0.6) is 0 Å². The highest BCUT2D eigenvalue weighted by Gasteiger charge is 2.16. The van der Waals surface area contributed by atoms with Crippen molar-refractivity contribution in [1.29, 1.82) is 0 Å². The minimum Gasteiger partial charge on any atom is -0.351 e. The molecule has 0 aromatic heterocycles. The van der Waals surface area contributed by atoms with Gasteiger partial charge in [-0.2, -0.15) is 0 Å². The van der Waals surface area contributed by atoms with Gasteiger partial charge in [0, 0.05) is 34.4 Å². The zero-order valence-corrected chi connectivity index (χ0v) is 13.7. The van der Waals surface area contributed by atoms with E-state index in [1.807, 2.05) is 6.92 Å². The van der Waals surface area contributed by atoms with Crippen LogP contribution in [0.2, 0.25) is 0 Å². The lowest BCUT2D eigenvalue weighted by atomic mass is 10.1. The molecule has 0 bridgehead atoms. The van der Waals surface area contributed by atoms with Crippen molar-refractivity contribution in [3.63, 3.8) is 0 Å². The Balaban J connectivity index is 2.89. The summed E-state index contributed by atoms with van der Waals surface area (Å²) in [5.41, 5.74) is 0.791. The summed E-state index contributed by atoms with van der Waals surface area (Å²) >= 11 is 0. The third-order valence-corrected chi connectivity index (χ3v) is 5.25. The van der Waals surface area contributed by atoms with Crippen molar-refractivity contribution < 1.29 is 17.4 Å². The van der Waals surface area contributed by atoms with E-state index < -0.39 is 26.7 Å². The molecule has 0 radical (unpaired) electrons. The fraction of sp³-hybridized carbons (Fsp3) is 0.462. The van der Waals surface area contributed by atoms with E-state index in [1.165, 1.54) is 6.07 Å². The van der Waals surface area contributed by atoms with Gasteiger partial charge in [0.25, 0.3) is 5.91 Å². The van der Waals surface area contributed by atoms with Gasteiger partial charge in [-0.15, -0.1) is 0 Å². The molecule has 0 saturated carbocycles. The predicted octanol–water partition coefficient (Wildman–Crippen LogP) is 0.395. The molecule has 0 aliphatic rings. The second-order valence-electron chi connectivity index (χ2n) is 4.41. The SMILES string of the molecule is CCc1ccc(C(=O)NCCS(=O)CC)cc1S(N)(=O)=O. The Labute approximate surface area is 127 Å².